The van der Waals surface area contributed by atoms with Gasteiger partial charge in [0.1, 0.15) is 12.3 Å². The van der Waals surface area contributed by atoms with Crippen molar-refractivity contribution in [1.29, 1.82) is 0 Å². The Morgan fingerprint density at radius 3 is 2.79 bits per heavy atom. The average molecular weight is 341 g/mol. The van der Waals surface area contributed by atoms with E-state index in [-0.39, 0.29) is 23.6 Å². The molecule has 1 fully saturated rings. The third-order valence-corrected chi connectivity index (χ3v) is 4.26. The minimum Gasteiger partial charge on any atom is -0.442 e. The molecule has 2 aliphatic rings. The van der Waals surface area contributed by atoms with Gasteiger partial charge in [-0.1, -0.05) is 13.0 Å². The van der Waals surface area contributed by atoms with Gasteiger partial charge in [0.15, 0.2) is 0 Å². The molecular formula is C16H18F3N3O2. The lowest BCUT2D eigenvalue weighted by atomic mass is 9.97. The van der Waals surface area contributed by atoms with Crippen LogP contribution in [0.2, 0.25) is 0 Å². The number of halogens is 3. The zero-order chi connectivity index (χ0) is 17.3. The van der Waals surface area contributed by atoms with Crippen molar-refractivity contribution in [2.45, 2.75) is 25.9 Å². The molecule has 0 spiro atoms. The molecule has 24 heavy (non-hydrogen) atoms. The van der Waals surface area contributed by atoms with Crippen molar-refractivity contribution in [1.82, 2.24) is 5.43 Å². The maximum Gasteiger partial charge on any atom is 0.428 e. The number of nitrogens with one attached hydrogen (secondary N) is 1. The van der Waals surface area contributed by atoms with Gasteiger partial charge in [0, 0.05) is 24.3 Å². The van der Waals surface area contributed by atoms with E-state index in [1.54, 1.807) is 11.0 Å². The molecule has 0 bridgehead atoms. The Kier molecular flexibility index (Phi) is 4.38. The smallest absolute Gasteiger partial charge is 0.428 e. The number of carbonyl (C=O) groups is 1. The summed E-state index contributed by atoms with van der Waals surface area (Å²) in [5.41, 5.74) is 2.17. The van der Waals surface area contributed by atoms with E-state index in [0.29, 0.717) is 19.0 Å². The van der Waals surface area contributed by atoms with E-state index in [2.05, 4.69) is 10.5 Å². The fourth-order valence-corrected chi connectivity index (χ4v) is 3.09. The molecule has 1 saturated heterocycles. The molecule has 1 unspecified atom stereocenters. The fourth-order valence-electron chi connectivity index (χ4n) is 3.09. The van der Waals surface area contributed by atoms with Gasteiger partial charge < -0.3 is 9.64 Å². The van der Waals surface area contributed by atoms with Gasteiger partial charge in [-0.25, -0.2) is 10.2 Å². The number of alkyl halides is 3. The second-order valence-corrected chi connectivity index (χ2v) is 6.17. The number of hydrogen-bond acceptors (Lipinski definition) is 4. The largest absolute Gasteiger partial charge is 0.442 e. The van der Waals surface area contributed by atoms with E-state index < -0.39 is 17.8 Å². The van der Waals surface area contributed by atoms with Crippen LogP contribution in [0.3, 0.4) is 0 Å². The van der Waals surface area contributed by atoms with E-state index in [0.717, 1.165) is 18.9 Å². The second-order valence-electron chi connectivity index (χ2n) is 6.17. The number of anilines is 1. The second kappa shape index (κ2) is 6.33. The van der Waals surface area contributed by atoms with Crippen molar-refractivity contribution < 1.29 is 22.7 Å². The summed E-state index contributed by atoms with van der Waals surface area (Å²) in [6.45, 7) is 3.13. The quantitative estimate of drug-likeness (QED) is 0.897. The zero-order valence-electron chi connectivity index (χ0n) is 13.2. The third kappa shape index (κ3) is 3.47. The van der Waals surface area contributed by atoms with Crippen LogP contribution in [0.15, 0.2) is 23.3 Å². The van der Waals surface area contributed by atoms with Gasteiger partial charge in [0.25, 0.3) is 0 Å². The normalized spacial score (nSPS) is 21.8. The van der Waals surface area contributed by atoms with Crippen molar-refractivity contribution in [2.75, 3.05) is 24.6 Å². The van der Waals surface area contributed by atoms with Crippen molar-refractivity contribution in [2.24, 2.45) is 11.0 Å². The van der Waals surface area contributed by atoms with E-state index in [9.17, 15) is 18.0 Å². The lowest BCUT2D eigenvalue weighted by Crippen LogP contribution is -2.36. The maximum atomic E-state index is 13.5. The Balaban J connectivity index is 1.97. The van der Waals surface area contributed by atoms with Crippen LogP contribution in [0.5, 0.6) is 0 Å². The summed E-state index contributed by atoms with van der Waals surface area (Å²) in [5, 5.41) is 3.77. The van der Waals surface area contributed by atoms with Crippen LogP contribution in [0.25, 0.3) is 0 Å². The van der Waals surface area contributed by atoms with Gasteiger partial charge in [0.05, 0.1) is 5.56 Å². The molecule has 2 aliphatic heterocycles. The average Bonchev–Trinajstić information content (AvgIpc) is 2.54. The molecule has 130 valence electrons. The van der Waals surface area contributed by atoms with Crippen LogP contribution in [0.4, 0.5) is 23.7 Å². The highest BCUT2D eigenvalue weighted by atomic mass is 19.4. The highest BCUT2D eigenvalue weighted by Gasteiger charge is 2.36. The van der Waals surface area contributed by atoms with Crippen molar-refractivity contribution in [3.8, 4) is 0 Å². The molecule has 1 atom stereocenters. The Labute approximate surface area is 137 Å². The van der Waals surface area contributed by atoms with Gasteiger partial charge in [-0.3, -0.25) is 0 Å². The number of cyclic esters (lactones) is 1. The predicted octanol–water partition coefficient (Wildman–Crippen LogP) is 3.39. The molecule has 1 aromatic rings. The number of rotatable bonds is 2. The first-order chi connectivity index (χ1) is 11.3. The number of amides is 1. The highest BCUT2D eigenvalue weighted by Crippen LogP contribution is 2.38. The molecule has 1 aromatic carbocycles. The monoisotopic (exact) mass is 341 g/mol. The Morgan fingerprint density at radius 1 is 1.38 bits per heavy atom. The molecule has 0 aliphatic carbocycles. The summed E-state index contributed by atoms with van der Waals surface area (Å²) in [6, 6.07) is 4.15. The summed E-state index contributed by atoms with van der Waals surface area (Å²) < 4.78 is 45.4. The van der Waals surface area contributed by atoms with Gasteiger partial charge in [-0.15, -0.1) is 0 Å². The van der Waals surface area contributed by atoms with Crippen LogP contribution in [0.1, 0.15) is 30.9 Å². The van der Waals surface area contributed by atoms with Crippen LogP contribution >= 0.6 is 0 Å². The van der Waals surface area contributed by atoms with E-state index in [1.807, 2.05) is 6.92 Å². The van der Waals surface area contributed by atoms with Crippen molar-refractivity contribution in [3.63, 3.8) is 0 Å². The number of ether oxygens (including phenoxy) is 1. The van der Waals surface area contributed by atoms with Gasteiger partial charge in [0.2, 0.25) is 0 Å². The summed E-state index contributed by atoms with van der Waals surface area (Å²) in [6.07, 6.45) is -3.27. The van der Waals surface area contributed by atoms with Crippen LogP contribution in [-0.4, -0.2) is 31.5 Å². The maximum absolute atomic E-state index is 13.5. The van der Waals surface area contributed by atoms with Crippen molar-refractivity contribution >= 4 is 17.5 Å². The topological polar surface area (TPSA) is 53.9 Å². The highest BCUT2D eigenvalue weighted by molar-refractivity contribution is 6.04. The first-order valence-corrected chi connectivity index (χ1v) is 7.80. The molecule has 1 amide bonds. The lowest BCUT2D eigenvalue weighted by Gasteiger charge is -2.34. The number of carbonyl (C=O) groups excluding carboxylic acids is 1. The first-order valence-electron chi connectivity index (χ1n) is 7.80. The minimum atomic E-state index is -4.47. The molecule has 1 N–H and O–H groups in total. The molecule has 2 heterocycles. The van der Waals surface area contributed by atoms with E-state index >= 15 is 0 Å². The Bertz CT molecular complexity index is 673. The first kappa shape index (κ1) is 16.6. The lowest BCUT2D eigenvalue weighted by molar-refractivity contribution is -0.137. The standard InChI is InChI=1S/C16H18F3N3O2/c1-10-3-2-6-22(8-10)14-5-4-11(7-12(14)16(17,18)19)13-9-24-15(23)21-20-13/h4-5,7,10H,2-3,6,8-9H2,1H3,(H,21,23). The van der Waals surface area contributed by atoms with Crippen LogP contribution in [0, 0.1) is 5.92 Å². The number of nitrogens with zero attached hydrogens (tertiary/aromatic N) is 2. The SMILES string of the molecule is CC1CCCN(c2ccc(C3=NNC(=O)OC3)cc2C(F)(F)F)C1. The third-order valence-electron chi connectivity index (χ3n) is 4.26. The van der Waals surface area contributed by atoms with Crippen molar-refractivity contribution in [3.05, 3.63) is 29.3 Å². The van der Waals surface area contributed by atoms with E-state index in [4.69, 9.17) is 4.74 Å². The number of hydrogen-bond donors (Lipinski definition) is 1. The Morgan fingerprint density at radius 2 is 2.17 bits per heavy atom. The molecule has 5 nitrogen and oxygen atoms in total. The summed E-state index contributed by atoms with van der Waals surface area (Å²) in [4.78, 5) is 12.7. The predicted molar refractivity (Wildman–Crippen MR) is 83.1 cm³/mol. The Hall–Kier alpha value is -2.25. The molecular weight excluding hydrogens is 323 g/mol. The molecule has 0 aromatic heterocycles. The van der Waals surface area contributed by atoms with Gasteiger partial charge >= 0.3 is 12.3 Å². The summed E-state index contributed by atoms with van der Waals surface area (Å²) in [7, 11) is 0. The molecule has 8 heteroatoms. The van der Waals surface area contributed by atoms with Crippen LogP contribution in [-0.2, 0) is 10.9 Å². The van der Waals surface area contributed by atoms with Gasteiger partial charge in [-0.05, 0) is 30.9 Å². The van der Waals surface area contributed by atoms with E-state index in [1.165, 1.54) is 6.07 Å². The minimum absolute atomic E-state index is 0.150. The summed E-state index contributed by atoms with van der Waals surface area (Å²) >= 11 is 0. The summed E-state index contributed by atoms with van der Waals surface area (Å²) in [5.74, 6) is 0.367. The number of hydrazone groups is 1. The van der Waals surface area contributed by atoms with Gasteiger partial charge in [-0.2, -0.15) is 18.3 Å². The molecule has 3 rings (SSSR count). The van der Waals surface area contributed by atoms with Crippen LogP contribution < -0.4 is 10.3 Å². The number of benzene rings is 1. The number of piperidine rings is 1. The fraction of sp³-hybridized carbons (Fsp3) is 0.500. The molecule has 0 radical (unpaired) electrons. The molecule has 0 saturated carbocycles. The zero-order valence-corrected chi connectivity index (χ0v) is 13.2.